The largest absolute Gasteiger partial charge is 0.368 e. The molecule has 2 N–H and O–H groups in total. The van der Waals surface area contributed by atoms with Crippen molar-refractivity contribution >= 4 is 34.1 Å². The molecule has 168 valence electrons. The van der Waals surface area contributed by atoms with E-state index in [1.165, 1.54) is 6.33 Å². The van der Waals surface area contributed by atoms with Crippen LogP contribution >= 0.6 is 0 Å². The quantitative estimate of drug-likeness (QED) is 0.371. The van der Waals surface area contributed by atoms with Gasteiger partial charge in [-0.25, -0.2) is 14.5 Å². The number of amides is 1. The van der Waals surface area contributed by atoms with E-state index in [2.05, 4.69) is 30.8 Å². The molecule has 0 bridgehead atoms. The van der Waals surface area contributed by atoms with Crippen LogP contribution in [0, 0.1) is 20.8 Å². The first kappa shape index (κ1) is 20.8. The maximum atomic E-state index is 12.5. The normalized spacial score (nSPS) is 11.5. The van der Waals surface area contributed by atoms with E-state index in [0.29, 0.717) is 31.7 Å². The molecule has 0 saturated carbocycles. The van der Waals surface area contributed by atoms with Gasteiger partial charge in [-0.15, -0.1) is 0 Å². The van der Waals surface area contributed by atoms with Gasteiger partial charge >= 0.3 is 0 Å². The molecule has 0 spiro atoms. The number of carbonyl (C=O) groups excluding carboxylic acids is 1. The Morgan fingerprint density at radius 3 is 2.79 bits per heavy atom. The summed E-state index contributed by atoms with van der Waals surface area (Å²) < 4.78 is 3.53. The minimum absolute atomic E-state index is 0.00173. The van der Waals surface area contributed by atoms with Crippen molar-refractivity contribution in [1.82, 2.24) is 39.5 Å². The number of anilines is 1. The number of aromatic nitrogens is 7. The third-order valence-electron chi connectivity index (χ3n) is 5.75. The van der Waals surface area contributed by atoms with Gasteiger partial charge in [0, 0.05) is 48.0 Å². The number of aryl methyl sites for hydroxylation is 3. The molecular formula is C23H25N9O. The monoisotopic (exact) mass is 443 g/mol. The number of benzene rings is 1. The van der Waals surface area contributed by atoms with Crippen LogP contribution < -0.4 is 10.6 Å². The van der Waals surface area contributed by atoms with Crippen LogP contribution in [0.1, 0.15) is 29.1 Å². The Kier molecular flexibility index (Phi) is 5.33. The lowest BCUT2D eigenvalue weighted by Gasteiger charge is -2.12. The minimum atomic E-state index is -0.00173. The summed E-state index contributed by atoms with van der Waals surface area (Å²) in [7, 11) is 0. The molecule has 1 aromatic carbocycles. The van der Waals surface area contributed by atoms with Crippen LogP contribution in [0.25, 0.3) is 22.3 Å². The predicted octanol–water partition coefficient (Wildman–Crippen LogP) is 2.41. The van der Waals surface area contributed by atoms with Gasteiger partial charge in [0.1, 0.15) is 12.1 Å². The van der Waals surface area contributed by atoms with E-state index in [1.54, 1.807) is 4.52 Å². The molecule has 4 heterocycles. The van der Waals surface area contributed by atoms with Crippen molar-refractivity contribution in [3.05, 3.63) is 59.3 Å². The third kappa shape index (κ3) is 3.95. The zero-order valence-electron chi connectivity index (χ0n) is 18.8. The first-order valence-corrected chi connectivity index (χ1v) is 10.9. The van der Waals surface area contributed by atoms with Crippen molar-refractivity contribution in [3.8, 4) is 0 Å². The summed E-state index contributed by atoms with van der Waals surface area (Å²) in [5.41, 5.74) is 5.64. The van der Waals surface area contributed by atoms with Gasteiger partial charge in [-0.05, 0) is 44.9 Å². The highest BCUT2D eigenvalue weighted by atomic mass is 16.1. The molecule has 0 aliphatic carbocycles. The van der Waals surface area contributed by atoms with Crippen LogP contribution in [0.2, 0.25) is 0 Å². The van der Waals surface area contributed by atoms with Crippen molar-refractivity contribution in [1.29, 1.82) is 0 Å². The van der Waals surface area contributed by atoms with Gasteiger partial charge in [-0.1, -0.05) is 12.1 Å². The van der Waals surface area contributed by atoms with Crippen LogP contribution in [0.15, 0.2) is 36.7 Å². The van der Waals surface area contributed by atoms with Gasteiger partial charge in [0.2, 0.25) is 5.91 Å². The number of rotatable bonds is 7. The Bertz CT molecular complexity index is 1480. The van der Waals surface area contributed by atoms with Crippen molar-refractivity contribution in [3.63, 3.8) is 0 Å². The van der Waals surface area contributed by atoms with Gasteiger partial charge in [-0.2, -0.15) is 19.7 Å². The Hall–Kier alpha value is -4.08. The Balaban J connectivity index is 1.19. The van der Waals surface area contributed by atoms with E-state index in [4.69, 9.17) is 4.98 Å². The number of nitrogens with one attached hydrogen (secondary N) is 2. The van der Waals surface area contributed by atoms with Gasteiger partial charge < -0.3 is 10.6 Å². The zero-order chi connectivity index (χ0) is 22.9. The molecule has 0 unspecified atom stereocenters. The summed E-state index contributed by atoms with van der Waals surface area (Å²) in [4.78, 5) is 25.7. The summed E-state index contributed by atoms with van der Waals surface area (Å²) >= 11 is 0. The summed E-state index contributed by atoms with van der Waals surface area (Å²) in [6.07, 6.45) is 2.47. The molecule has 1 amide bonds. The van der Waals surface area contributed by atoms with E-state index in [1.807, 2.05) is 55.6 Å². The SMILES string of the molecule is Cc1cc(NCCNC(=O)CCc2c(C)nc3c4ccccc4nn3c2C)n2ncnc2n1. The molecule has 10 heteroatoms. The molecule has 33 heavy (non-hydrogen) atoms. The second-order valence-corrected chi connectivity index (χ2v) is 8.05. The number of fused-ring (bicyclic) bond motifs is 4. The second-order valence-electron chi connectivity index (χ2n) is 8.05. The van der Waals surface area contributed by atoms with Crippen molar-refractivity contribution < 1.29 is 4.79 Å². The number of carbonyl (C=O) groups is 1. The molecule has 0 radical (unpaired) electrons. The van der Waals surface area contributed by atoms with Gasteiger partial charge in [0.25, 0.3) is 5.78 Å². The van der Waals surface area contributed by atoms with E-state index in [9.17, 15) is 4.79 Å². The number of hydrogen-bond acceptors (Lipinski definition) is 7. The molecule has 10 nitrogen and oxygen atoms in total. The maximum Gasteiger partial charge on any atom is 0.254 e. The number of hydrogen-bond donors (Lipinski definition) is 2. The Morgan fingerprint density at radius 2 is 1.91 bits per heavy atom. The van der Waals surface area contributed by atoms with Gasteiger partial charge in [0.05, 0.1) is 5.52 Å². The smallest absolute Gasteiger partial charge is 0.254 e. The summed E-state index contributed by atoms with van der Waals surface area (Å²) in [5, 5.41) is 16.1. The third-order valence-corrected chi connectivity index (χ3v) is 5.75. The van der Waals surface area contributed by atoms with Crippen LogP contribution in [0.4, 0.5) is 5.82 Å². The van der Waals surface area contributed by atoms with Crippen molar-refractivity contribution in [2.45, 2.75) is 33.6 Å². The van der Waals surface area contributed by atoms with Gasteiger partial charge in [-0.3, -0.25) is 4.79 Å². The molecule has 0 atom stereocenters. The van der Waals surface area contributed by atoms with E-state index >= 15 is 0 Å². The number of nitrogens with zero attached hydrogens (tertiary/aromatic N) is 7. The second kappa shape index (κ2) is 8.45. The minimum Gasteiger partial charge on any atom is -0.368 e. The first-order valence-electron chi connectivity index (χ1n) is 10.9. The van der Waals surface area contributed by atoms with Crippen LogP contribution in [0.5, 0.6) is 0 Å². The molecule has 0 aliphatic rings. The van der Waals surface area contributed by atoms with Crippen LogP contribution in [-0.4, -0.2) is 53.2 Å². The fraction of sp³-hybridized carbons (Fsp3) is 0.304. The lowest BCUT2D eigenvalue weighted by molar-refractivity contribution is -0.120. The Labute approximate surface area is 190 Å². The lowest BCUT2D eigenvalue weighted by Crippen LogP contribution is -2.29. The zero-order valence-corrected chi connectivity index (χ0v) is 18.8. The topological polar surface area (TPSA) is 114 Å². The lowest BCUT2D eigenvalue weighted by atomic mass is 10.1. The van der Waals surface area contributed by atoms with Crippen LogP contribution in [0.3, 0.4) is 0 Å². The molecule has 0 aliphatic heterocycles. The molecular weight excluding hydrogens is 418 g/mol. The highest BCUT2D eigenvalue weighted by molar-refractivity contribution is 5.92. The summed E-state index contributed by atoms with van der Waals surface area (Å²) in [6, 6.07) is 9.89. The Morgan fingerprint density at radius 1 is 1.06 bits per heavy atom. The molecule has 5 aromatic rings. The molecule has 4 aromatic heterocycles. The van der Waals surface area contributed by atoms with E-state index < -0.39 is 0 Å². The highest BCUT2D eigenvalue weighted by Gasteiger charge is 2.15. The fourth-order valence-electron chi connectivity index (χ4n) is 4.11. The van der Waals surface area contributed by atoms with Crippen molar-refractivity contribution in [2.24, 2.45) is 0 Å². The molecule has 0 saturated heterocycles. The summed E-state index contributed by atoms with van der Waals surface area (Å²) in [6.45, 7) is 7.00. The van der Waals surface area contributed by atoms with Crippen molar-refractivity contribution in [2.75, 3.05) is 18.4 Å². The first-order chi connectivity index (χ1) is 16.0. The van der Waals surface area contributed by atoms with E-state index in [-0.39, 0.29) is 5.91 Å². The standard InChI is InChI=1S/C23H25N9O/c1-14-12-20(32-23(28-14)26-13-27-32)24-10-11-25-21(33)9-8-17-15(2)29-22-18-6-4-5-7-19(18)30-31(22)16(17)3/h4-7,12-13,24H,8-11H2,1-3H3,(H,25,33). The molecule has 0 fully saturated rings. The molecule has 5 rings (SSSR count). The maximum absolute atomic E-state index is 12.5. The van der Waals surface area contributed by atoms with Crippen LogP contribution in [-0.2, 0) is 11.2 Å². The average Bonchev–Trinajstić information content (AvgIpc) is 3.41. The fourth-order valence-corrected chi connectivity index (χ4v) is 4.11. The average molecular weight is 444 g/mol. The summed E-state index contributed by atoms with van der Waals surface area (Å²) in [5.74, 6) is 1.34. The van der Waals surface area contributed by atoms with Gasteiger partial charge in [0.15, 0.2) is 5.65 Å². The van der Waals surface area contributed by atoms with E-state index in [0.717, 1.165) is 45.0 Å². The predicted molar refractivity (Wildman–Crippen MR) is 125 cm³/mol. The highest BCUT2D eigenvalue weighted by Crippen LogP contribution is 2.22.